The minimum Gasteiger partial charge on any atom is -0.512 e. The number of benzene rings is 3. The molecule has 1 heterocycles. The van der Waals surface area contributed by atoms with Crippen LogP contribution < -0.4 is 0 Å². The molecule has 0 aliphatic rings. The average Bonchev–Trinajstić information content (AvgIpc) is 2.84. The van der Waals surface area contributed by atoms with E-state index in [1.807, 2.05) is 30.3 Å². The van der Waals surface area contributed by atoms with E-state index in [9.17, 15) is 18.0 Å². The first-order valence-corrected chi connectivity index (χ1v) is 10.6. The van der Waals surface area contributed by atoms with E-state index in [0.29, 0.717) is 0 Å². The largest absolute Gasteiger partial charge is 0.512 e. The van der Waals surface area contributed by atoms with E-state index in [0.717, 1.165) is 22.2 Å². The van der Waals surface area contributed by atoms with E-state index in [-0.39, 0.29) is 26.2 Å². The van der Waals surface area contributed by atoms with E-state index in [1.54, 1.807) is 0 Å². The molecule has 0 spiro atoms. The number of para-hydroxylation sites is 1. The summed E-state index contributed by atoms with van der Waals surface area (Å²) in [4.78, 5) is 15.0. The number of hydrogen-bond donors (Lipinski definition) is 1. The Bertz CT molecular complexity index is 1300. The summed E-state index contributed by atoms with van der Waals surface area (Å²) in [6, 6.07) is 32.2. The molecule has 0 amide bonds. The number of aliphatic hydroxyl groups is 1. The number of alkyl halides is 3. The van der Waals surface area contributed by atoms with Gasteiger partial charge in [0.15, 0.2) is 0 Å². The third-order valence-corrected chi connectivity index (χ3v) is 4.93. The van der Waals surface area contributed by atoms with Crippen molar-refractivity contribution in [3.63, 3.8) is 0 Å². The summed E-state index contributed by atoms with van der Waals surface area (Å²) in [6.07, 6.45) is -4.70. The molecule has 0 saturated heterocycles. The fraction of sp³-hybridized carbons (Fsp3) is 0.143. The molecule has 3 nitrogen and oxygen atoms in total. The van der Waals surface area contributed by atoms with Gasteiger partial charge in [0.05, 0.1) is 11.3 Å². The maximum absolute atomic E-state index is 11.6. The van der Waals surface area contributed by atoms with Crippen LogP contribution in [0.25, 0.3) is 33.3 Å². The molecule has 3 aromatic carbocycles. The summed E-state index contributed by atoms with van der Waals surface area (Å²) < 4.78 is 34.7. The van der Waals surface area contributed by atoms with Crippen molar-refractivity contribution in [2.75, 3.05) is 0 Å². The monoisotopic (exact) mass is 655 g/mol. The van der Waals surface area contributed by atoms with Gasteiger partial charge in [0, 0.05) is 32.1 Å². The Morgan fingerprint density at radius 1 is 0.943 bits per heavy atom. The third kappa shape index (κ3) is 7.88. The minimum absolute atomic E-state index is 0. The van der Waals surface area contributed by atoms with Crippen LogP contribution in [0.1, 0.15) is 13.8 Å². The Morgan fingerprint density at radius 3 is 2.26 bits per heavy atom. The van der Waals surface area contributed by atoms with Crippen molar-refractivity contribution in [3.05, 3.63) is 103 Å². The van der Waals surface area contributed by atoms with Crippen molar-refractivity contribution in [2.45, 2.75) is 20.0 Å². The molecule has 183 valence electrons. The number of halogens is 3. The van der Waals surface area contributed by atoms with Crippen LogP contribution >= 0.6 is 0 Å². The molecule has 7 heteroatoms. The Balaban J connectivity index is 0.000000288. The van der Waals surface area contributed by atoms with Gasteiger partial charge < -0.3 is 5.11 Å². The molecule has 0 aliphatic carbocycles. The maximum Gasteiger partial charge on any atom is 0.454 e. The molecule has 1 N–H and O–H groups in total. The molecule has 35 heavy (non-hydrogen) atoms. The Labute approximate surface area is 215 Å². The smallest absolute Gasteiger partial charge is 0.454 e. The zero-order valence-electron chi connectivity index (χ0n) is 19.0. The normalized spacial score (nSPS) is 11.4. The number of aliphatic hydroxyl groups excluding tert-OH is 1. The second-order valence-electron chi connectivity index (χ2n) is 7.83. The summed E-state index contributed by atoms with van der Waals surface area (Å²) in [5.74, 6) is -3.07. The van der Waals surface area contributed by atoms with Crippen molar-refractivity contribution >= 4 is 16.7 Å². The molecule has 4 aromatic rings. The number of hydrogen-bond acceptors (Lipinski definition) is 3. The number of rotatable bonds is 4. The SMILES string of the molecule is CC(C)/C(O)=C/C(=O)C(F)(F)F.[Ir].[c-]1ccc(-c2ccccc2)cc1-c1ccc2ccccc2n1. The quantitative estimate of drug-likeness (QED) is 0.140. The number of aromatic nitrogens is 1. The fourth-order valence-electron chi connectivity index (χ4n) is 3.02. The van der Waals surface area contributed by atoms with Crippen LogP contribution in [0.15, 0.2) is 96.8 Å². The maximum atomic E-state index is 11.6. The van der Waals surface area contributed by atoms with Gasteiger partial charge in [-0.15, -0.1) is 35.4 Å². The number of carbonyl (C=O) groups excluding carboxylic acids is 1. The van der Waals surface area contributed by atoms with Gasteiger partial charge in [-0.25, -0.2) is 0 Å². The van der Waals surface area contributed by atoms with Crippen molar-refractivity contribution in [2.24, 2.45) is 5.92 Å². The average molecular weight is 655 g/mol. The van der Waals surface area contributed by atoms with Gasteiger partial charge in [0.2, 0.25) is 0 Å². The van der Waals surface area contributed by atoms with Crippen molar-refractivity contribution in [3.8, 4) is 22.4 Å². The van der Waals surface area contributed by atoms with Crippen molar-refractivity contribution in [1.82, 2.24) is 4.98 Å². The van der Waals surface area contributed by atoms with E-state index >= 15 is 0 Å². The molecule has 0 saturated carbocycles. The molecular formula is C28H23F3IrNO2-. The van der Waals surface area contributed by atoms with Crippen LogP contribution in [0, 0.1) is 12.0 Å². The second-order valence-corrected chi connectivity index (χ2v) is 7.83. The standard InChI is InChI=1S/C21H14N.C7H9F3O2.Ir/c1-2-7-16(8-3-1)18-10-6-11-19(15-18)21-14-13-17-9-4-5-12-20(17)22-21;1-4(2)5(11)3-6(12)7(8,9)10;/h1-10,12-15H;3-4,11H,1-2H3;/q-1;;/b;5-3-;. The van der Waals surface area contributed by atoms with Gasteiger partial charge in [-0.2, -0.15) is 13.2 Å². The molecule has 1 aromatic heterocycles. The number of ketones is 1. The molecule has 4 rings (SSSR count). The summed E-state index contributed by atoms with van der Waals surface area (Å²) in [7, 11) is 0. The molecule has 0 bridgehead atoms. The molecule has 0 atom stereocenters. The number of pyridine rings is 1. The van der Waals surface area contributed by atoms with Gasteiger partial charge >= 0.3 is 6.18 Å². The number of nitrogens with zero attached hydrogens (tertiary/aromatic N) is 1. The van der Waals surface area contributed by atoms with E-state index in [1.165, 1.54) is 25.0 Å². The van der Waals surface area contributed by atoms with Crippen LogP contribution in [-0.4, -0.2) is 22.1 Å². The van der Waals surface area contributed by atoms with Crippen LogP contribution in [0.5, 0.6) is 0 Å². The van der Waals surface area contributed by atoms with Gasteiger partial charge in [-0.1, -0.05) is 74.5 Å². The van der Waals surface area contributed by atoms with Crippen LogP contribution in [-0.2, 0) is 24.9 Å². The fourth-order valence-corrected chi connectivity index (χ4v) is 3.02. The number of allylic oxidation sites excluding steroid dienone is 2. The van der Waals surface area contributed by atoms with Gasteiger partial charge in [0.1, 0.15) is 0 Å². The van der Waals surface area contributed by atoms with Gasteiger partial charge in [-0.3, -0.25) is 9.78 Å². The third-order valence-electron chi connectivity index (χ3n) is 4.93. The van der Waals surface area contributed by atoms with Crippen molar-refractivity contribution in [1.29, 1.82) is 0 Å². The molecule has 0 fully saturated rings. The minimum atomic E-state index is -4.90. The van der Waals surface area contributed by atoms with Gasteiger partial charge in [-0.05, 0) is 22.7 Å². The topological polar surface area (TPSA) is 50.2 Å². The summed E-state index contributed by atoms with van der Waals surface area (Å²) in [5, 5.41) is 9.96. The van der Waals surface area contributed by atoms with E-state index in [2.05, 4.69) is 60.7 Å². The second kappa shape index (κ2) is 12.4. The number of fused-ring (bicyclic) bond motifs is 1. The Kier molecular flexibility index (Phi) is 9.93. The van der Waals surface area contributed by atoms with E-state index < -0.39 is 23.6 Å². The van der Waals surface area contributed by atoms with Crippen LogP contribution in [0.4, 0.5) is 13.2 Å². The van der Waals surface area contributed by atoms with Crippen molar-refractivity contribution < 1.29 is 43.2 Å². The summed E-state index contributed by atoms with van der Waals surface area (Å²) >= 11 is 0. The molecular weight excluding hydrogens is 632 g/mol. The predicted molar refractivity (Wildman–Crippen MR) is 128 cm³/mol. The molecule has 0 unspecified atom stereocenters. The summed E-state index contributed by atoms with van der Waals surface area (Å²) in [6.45, 7) is 2.96. The first kappa shape index (κ1) is 28.0. The van der Waals surface area contributed by atoms with Crippen LogP contribution in [0.3, 0.4) is 0 Å². The Morgan fingerprint density at radius 2 is 1.60 bits per heavy atom. The zero-order valence-corrected chi connectivity index (χ0v) is 21.4. The number of carbonyl (C=O) groups is 1. The zero-order chi connectivity index (χ0) is 24.7. The molecule has 1 radical (unpaired) electrons. The Hall–Kier alpha value is -3.28. The van der Waals surface area contributed by atoms with Gasteiger partial charge in [0.25, 0.3) is 5.78 Å². The van der Waals surface area contributed by atoms with Crippen LogP contribution in [0.2, 0.25) is 0 Å². The van der Waals surface area contributed by atoms with E-state index in [4.69, 9.17) is 10.1 Å². The summed E-state index contributed by atoms with van der Waals surface area (Å²) in [5.41, 5.74) is 5.38. The first-order chi connectivity index (χ1) is 16.1. The first-order valence-electron chi connectivity index (χ1n) is 10.6. The molecule has 0 aliphatic heterocycles. The predicted octanol–water partition coefficient (Wildman–Crippen LogP) is 7.58.